The van der Waals surface area contributed by atoms with Gasteiger partial charge in [-0.05, 0) is 56.2 Å². The lowest BCUT2D eigenvalue weighted by atomic mass is 10.2. The molecule has 8 nitrogen and oxygen atoms in total. The molecule has 1 saturated heterocycles. The number of rotatable bonds is 6. The Balaban J connectivity index is 1.55. The number of halogens is 1. The van der Waals surface area contributed by atoms with Crippen LogP contribution in [-0.4, -0.2) is 43.7 Å². The first kappa shape index (κ1) is 22.1. The van der Waals surface area contributed by atoms with E-state index in [1.54, 1.807) is 24.3 Å². The van der Waals surface area contributed by atoms with E-state index >= 15 is 0 Å². The first-order valence-corrected chi connectivity index (χ1v) is 11.2. The molecule has 1 unspecified atom stereocenters. The molecule has 2 amide bonds. The molecule has 0 saturated carbocycles. The summed E-state index contributed by atoms with van der Waals surface area (Å²) >= 11 is 5.99. The molecule has 0 aliphatic carbocycles. The number of nitrogens with one attached hydrogen (secondary N) is 2. The van der Waals surface area contributed by atoms with Crippen molar-refractivity contribution in [2.45, 2.75) is 30.8 Å². The van der Waals surface area contributed by atoms with Crippen molar-refractivity contribution in [3.8, 4) is 5.75 Å². The van der Waals surface area contributed by atoms with Gasteiger partial charge in [-0.3, -0.25) is 20.4 Å². The van der Waals surface area contributed by atoms with E-state index in [1.165, 1.54) is 35.5 Å². The number of hydrazine groups is 1. The third-order valence-electron chi connectivity index (χ3n) is 4.63. The highest BCUT2D eigenvalue weighted by molar-refractivity contribution is 7.89. The number of carbonyl (C=O) groups excluding carboxylic acids is 2. The Kier molecular flexibility index (Phi) is 6.96. The normalized spacial score (nSPS) is 15.4. The second kappa shape index (κ2) is 9.46. The molecule has 3 rings (SSSR count). The topological polar surface area (TPSA) is 105 Å². The summed E-state index contributed by atoms with van der Waals surface area (Å²) < 4.78 is 32.0. The minimum atomic E-state index is -3.55. The molecule has 1 heterocycles. The summed E-state index contributed by atoms with van der Waals surface area (Å²) in [7, 11) is -3.55. The number of para-hydroxylation sites is 1. The number of hydrogen-bond donors (Lipinski definition) is 2. The Morgan fingerprint density at radius 1 is 1.03 bits per heavy atom. The van der Waals surface area contributed by atoms with Crippen LogP contribution in [0.5, 0.6) is 5.75 Å². The van der Waals surface area contributed by atoms with Crippen molar-refractivity contribution in [3.05, 3.63) is 59.1 Å². The first-order valence-electron chi connectivity index (χ1n) is 9.40. The zero-order valence-electron chi connectivity index (χ0n) is 16.3. The summed E-state index contributed by atoms with van der Waals surface area (Å²) in [6, 6.07) is 12.3. The van der Waals surface area contributed by atoms with Gasteiger partial charge in [-0.15, -0.1) is 0 Å². The van der Waals surface area contributed by atoms with Gasteiger partial charge in [0.1, 0.15) is 5.75 Å². The van der Waals surface area contributed by atoms with E-state index in [2.05, 4.69) is 10.9 Å². The molecule has 2 aromatic carbocycles. The minimum absolute atomic E-state index is 0.131. The van der Waals surface area contributed by atoms with Crippen LogP contribution in [0.3, 0.4) is 0 Å². The second-order valence-corrected chi connectivity index (χ2v) is 9.11. The Hall–Kier alpha value is -2.62. The monoisotopic (exact) mass is 451 g/mol. The molecule has 1 fully saturated rings. The molecule has 10 heteroatoms. The Morgan fingerprint density at radius 2 is 1.67 bits per heavy atom. The highest BCUT2D eigenvalue weighted by Crippen LogP contribution is 2.24. The van der Waals surface area contributed by atoms with Crippen molar-refractivity contribution in [1.29, 1.82) is 0 Å². The third-order valence-corrected chi connectivity index (χ3v) is 6.85. The van der Waals surface area contributed by atoms with Crippen molar-refractivity contribution in [1.82, 2.24) is 15.2 Å². The van der Waals surface area contributed by atoms with Crippen molar-refractivity contribution >= 4 is 33.4 Å². The van der Waals surface area contributed by atoms with Gasteiger partial charge in [-0.2, -0.15) is 4.31 Å². The fourth-order valence-corrected chi connectivity index (χ4v) is 4.63. The molecular weight excluding hydrogens is 430 g/mol. The number of sulfonamides is 1. The summed E-state index contributed by atoms with van der Waals surface area (Å²) in [6.45, 7) is 2.53. The molecular formula is C20H22ClN3O5S. The molecule has 1 aliphatic heterocycles. The van der Waals surface area contributed by atoms with Crippen LogP contribution in [-0.2, 0) is 14.8 Å². The maximum absolute atomic E-state index is 12.5. The van der Waals surface area contributed by atoms with Crippen LogP contribution in [0.2, 0.25) is 5.02 Å². The van der Waals surface area contributed by atoms with Crippen LogP contribution in [0.25, 0.3) is 0 Å². The van der Waals surface area contributed by atoms with Crippen molar-refractivity contribution in [3.63, 3.8) is 0 Å². The summed E-state index contributed by atoms with van der Waals surface area (Å²) in [5.74, 6) is -0.808. The maximum Gasteiger partial charge on any atom is 0.279 e. The van der Waals surface area contributed by atoms with Gasteiger partial charge in [0.2, 0.25) is 10.0 Å². The van der Waals surface area contributed by atoms with Crippen LogP contribution in [0.1, 0.15) is 30.1 Å². The van der Waals surface area contributed by atoms with Gasteiger partial charge in [-0.1, -0.05) is 23.7 Å². The quantitative estimate of drug-likeness (QED) is 0.656. The second-order valence-electron chi connectivity index (χ2n) is 6.77. The summed E-state index contributed by atoms with van der Waals surface area (Å²) in [5.41, 5.74) is 4.76. The molecule has 2 N–H and O–H groups in total. The highest BCUT2D eigenvalue weighted by Gasteiger charge is 2.27. The molecule has 0 spiro atoms. The number of benzene rings is 2. The smallest absolute Gasteiger partial charge is 0.279 e. The predicted octanol–water partition coefficient (Wildman–Crippen LogP) is 2.35. The van der Waals surface area contributed by atoms with E-state index in [9.17, 15) is 18.0 Å². The number of amides is 2. The van der Waals surface area contributed by atoms with Crippen LogP contribution in [0.4, 0.5) is 0 Å². The average molecular weight is 452 g/mol. The lowest BCUT2D eigenvalue weighted by molar-refractivity contribution is -0.128. The Labute approximate surface area is 180 Å². The zero-order valence-corrected chi connectivity index (χ0v) is 17.9. The zero-order chi connectivity index (χ0) is 21.7. The highest BCUT2D eigenvalue weighted by atomic mass is 35.5. The van der Waals surface area contributed by atoms with Crippen LogP contribution in [0, 0.1) is 0 Å². The fourth-order valence-electron chi connectivity index (χ4n) is 2.93. The van der Waals surface area contributed by atoms with Gasteiger partial charge >= 0.3 is 0 Å². The Bertz CT molecular complexity index is 1020. The molecule has 0 aromatic heterocycles. The standard InChI is InChI=1S/C20H22ClN3O5S/c1-14(29-18-7-3-2-6-17(18)21)19(25)22-23-20(26)15-8-10-16(11-9-15)30(27,28)24-12-4-5-13-24/h2-3,6-11,14H,4-5,12-13H2,1H3,(H,22,25)(H,23,26). The number of nitrogens with zero attached hydrogens (tertiary/aromatic N) is 1. The predicted molar refractivity (Wildman–Crippen MR) is 112 cm³/mol. The molecule has 0 radical (unpaired) electrons. The van der Waals surface area contributed by atoms with E-state index in [0.717, 1.165) is 12.8 Å². The van der Waals surface area contributed by atoms with E-state index in [0.29, 0.717) is 23.9 Å². The molecule has 0 bridgehead atoms. The SMILES string of the molecule is CC(Oc1ccccc1Cl)C(=O)NNC(=O)c1ccc(S(=O)(=O)N2CCCC2)cc1. The van der Waals surface area contributed by atoms with E-state index < -0.39 is 27.9 Å². The average Bonchev–Trinajstić information content (AvgIpc) is 3.29. The van der Waals surface area contributed by atoms with E-state index in [4.69, 9.17) is 16.3 Å². The summed E-state index contributed by atoms with van der Waals surface area (Å²) in [6.07, 6.45) is 0.786. The van der Waals surface area contributed by atoms with Crippen LogP contribution in [0.15, 0.2) is 53.4 Å². The summed E-state index contributed by atoms with van der Waals surface area (Å²) in [4.78, 5) is 24.5. The fraction of sp³-hybridized carbons (Fsp3) is 0.300. The van der Waals surface area contributed by atoms with Crippen LogP contribution >= 0.6 is 11.6 Å². The maximum atomic E-state index is 12.5. The minimum Gasteiger partial charge on any atom is -0.479 e. The van der Waals surface area contributed by atoms with Crippen molar-refractivity contribution in [2.24, 2.45) is 0 Å². The van der Waals surface area contributed by atoms with E-state index in [-0.39, 0.29) is 10.5 Å². The van der Waals surface area contributed by atoms with Crippen molar-refractivity contribution in [2.75, 3.05) is 13.1 Å². The van der Waals surface area contributed by atoms with Gasteiger partial charge in [0.25, 0.3) is 11.8 Å². The largest absolute Gasteiger partial charge is 0.479 e. The Morgan fingerprint density at radius 3 is 2.30 bits per heavy atom. The van der Waals surface area contributed by atoms with Gasteiger partial charge in [0, 0.05) is 18.7 Å². The lowest BCUT2D eigenvalue weighted by Gasteiger charge is -2.16. The number of hydrogen-bond acceptors (Lipinski definition) is 5. The van der Waals surface area contributed by atoms with Gasteiger partial charge < -0.3 is 4.74 Å². The van der Waals surface area contributed by atoms with Crippen molar-refractivity contribution < 1.29 is 22.7 Å². The number of ether oxygens (including phenoxy) is 1. The molecule has 2 aromatic rings. The lowest BCUT2D eigenvalue weighted by Crippen LogP contribution is -2.47. The first-order chi connectivity index (χ1) is 14.3. The molecule has 1 aliphatic rings. The van der Waals surface area contributed by atoms with Gasteiger partial charge in [0.05, 0.1) is 9.92 Å². The molecule has 30 heavy (non-hydrogen) atoms. The molecule has 160 valence electrons. The van der Waals surface area contributed by atoms with Gasteiger partial charge in [0.15, 0.2) is 6.10 Å². The number of carbonyl (C=O) groups is 2. The van der Waals surface area contributed by atoms with E-state index in [1.807, 2.05) is 0 Å². The molecule has 1 atom stereocenters. The van der Waals surface area contributed by atoms with Gasteiger partial charge in [-0.25, -0.2) is 8.42 Å². The van der Waals surface area contributed by atoms with Crippen LogP contribution < -0.4 is 15.6 Å². The summed E-state index contributed by atoms with van der Waals surface area (Å²) in [5, 5.41) is 0.366. The third kappa shape index (κ3) is 5.10.